The minimum atomic E-state index is -4.42. The first-order chi connectivity index (χ1) is 14.6. The Bertz CT molecular complexity index is 1060. The molecule has 3 amide bonds. The largest absolute Gasteiger partial charge is 0.465 e. The molecular weight excluding hydrogens is 433 g/mol. The van der Waals surface area contributed by atoms with Crippen LogP contribution in [0.4, 0.5) is 22.8 Å². The third-order valence-corrected chi connectivity index (χ3v) is 6.63. The molecule has 2 saturated heterocycles. The molecule has 4 rings (SSSR count). The Kier molecular flexibility index (Phi) is 5.54. The van der Waals surface area contributed by atoms with Gasteiger partial charge >= 0.3 is 18.3 Å². The van der Waals surface area contributed by atoms with Crippen LogP contribution in [0, 0.1) is 12.8 Å². The molecule has 3 heterocycles. The van der Waals surface area contributed by atoms with Crippen molar-refractivity contribution in [3.8, 4) is 5.69 Å². The van der Waals surface area contributed by atoms with Crippen molar-refractivity contribution >= 4 is 23.5 Å². The predicted octanol–water partition coefficient (Wildman–Crippen LogP) is 3.96. The van der Waals surface area contributed by atoms with Crippen LogP contribution < -0.4 is 4.80 Å². The molecule has 0 saturated carbocycles. The Morgan fingerprint density at radius 3 is 2.55 bits per heavy atom. The number of benzene rings is 1. The van der Waals surface area contributed by atoms with Crippen molar-refractivity contribution in [3.05, 3.63) is 45.7 Å². The van der Waals surface area contributed by atoms with Gasteiger partial charge in [0.15, 0.2) is 4.80 Å². The number of halogens is 3. The van der Waals surface area contributed by atoms with E-state index in [9.17, 15) is 27.9 Å². The lowest BCUT2D eigenvalue weighted by atomic mass is 9.92. The van der Waals surface area contributed by atoms with Crippen LogP contribution in [0.2, 0.25) is 0 Å². The molecule has 2 atom stereocenters. The van der Waals surface area contributed by atoms with Gasteiger partial charge < -0.3 is 14.9 Å². The van der Waals surface area contributed by atoms with E-state index in [1.807, 2.05) is 6.92 Å². The summed E-state index contributed by atoms with van der Waals surface area (Å²) in [6.07, 6.45) is -2.05. The van der Waals surface area contributed by atoms with Crippen LogP contribution in [0.15, 0.2) is 35.5 Å². The van der Waals surface area contributed by atoms with Crippen molar-refractivity contribution in [1.82, 2.24) is 14.4 Å². The lowest BCUT2D eigenvalue weighted by molar-refractivity contribution is -0.137. The van der Waals surface area contributed by atoms with Gasteiger partial charge in [0.05, 0.1) is 11.6 Å². The topological polar surface area (TPSA) is 78.1 Å². The highest BCUT2D eigenvalue weighted by Crippen LogP contribution is 2.31. The van der Waals surface area contributed by atoms with E-state index in [1.165, 1.54) is 28.4 Å². The zero-order chi connectivity index (χ0) is 22.3. The van der Waals surface area contributed by atoms with Gasteiger partial charge in [0.2, 0.25) is 0 Å². The molecule has 2 aliphatic heterocycles. The summed E-state index contributed by atoms with van der Waals surface area (Å²) in [7, 11) is 0. The Morgan fingerprint density at radius 2 is 1.90 bits per heavy atom. The Morgan fingerprint density at radius 1 is 1.19 bits per heavy atom. The number of rotatable bonds is 1. The molecule has 31 heavy (non-hydrogen) atoms. The average molecular weight is 454 g/mol. The first-order valence-corrected chi connectivity index (χ1v) is 10.6. The van der Waals surface area contributed by atoms with E-state index in [1.54, 1.807) is 15.7 Å². The first kappa shape index (κ1) is 21.4. The number of likely N-dealkylation sites (tertiary alicyclic amines) is 2. The van der Waals surface area contributed by atoms with E-state index in [0.29, 0.717) is 30.1 Å². The van der Waals surface area contributed by atoms with Crippen LogP contribution in [0.25, 0.3) is 5.69 Å². The van der Waals surface area contributed by atoms with Crippen LogP contribution in [-0.2, 0) is 6.18 Å². The van der Waals surface area contributed by atoms with Crippen molar-refractivity contribution < 1.29 is 27.9 Å². The molecule has 2 aliphatic rings. The Labute approximate surface area is 180 Å². The molecule has 1 aromatic carbocycles. The van der Waals surface area contributed by atoms with Crippen molar-refractivity contribution in [1.29, 1.82) is 0 Å². The summed E-state index contributed by atoms with van der Waals surface area (Å²) in [4.78, 5) is 32.7. The molecule has 11 heteroatoms. The van der Waals surface area contributed by atoms with E-state index < -0.39 is 23.9 Å². The number of hydrogen-bond acceptors (Lipinski definition) is 3. The van der Waals surface area contributed by atoms with Gasteiger partial charge in [0, 0.05) is 36.4 Å². The van der Waals surface area contributed by atoms with Crippen molar-refractivity contribution in [2.24, 2.45) is 10.9 Å². The lowest BCUT2D eigenvalue weighted by Crippen LogP contribution is -2.47. The summed E-state index contributed by atoms with van der Waals surface area (Å²) >= 11 is 1.26. The zero-order valence-electron chi connectivity index (χ0n) is 16.7. The molecule has 7 nitrogen and oxygen atoms in total. The number of urea groups is 1. The standard InChI is InChI=1S/C20H21F3N4O3S/c1-12-9-27(15-6-4-14(5-7-15)20(21,22)23)18(31-12)24-17(28)25-10-13-3-2-8-26(19(29)30)16(13)11-25/h4-7,9,13,16H,2-3,8,10-11H2,1H3,(H,29,30). The van der Waals surface area contributed by atoms with Crippen LogP contribution in [0.1, 0.15) is 23.3 Å². The number of carboxylic acid groups (broad SMARTS) is 1. The second kappa shape index (κ2) is 8.03. The maximum atomic E-state index is 12.9. The average Bonchev–Trinajstić information content (AvgIpc) is 3.30. The summed E-state index contributed by atoms with van der Waals surface area (Å²) in [5.74, 6) is 0.0936. The smallest absolute Gasteiger partial charge is 0.416 e. The second-order valence-corrected chi connectivity index (χ2v) is 9.00. The van der Waals surface area contributed by atoms with Gasteiger partial charge in [-0.3, -0.25) is 4.57 Å². The normalized spacial score (nSPS) is 22.0. The number of nitrogens with zero attached hydrogens (tertiary/aromatic N) is 4. The quantitative estimate of drug-likeness (QED) is 0.709. The lowest BCUT2D eigenvalue weighted by Gasteiger charge is -2.34. The molecule has 1 aromatic heterocycles. The third-order valence-electron chi connectivity index (χ3n) is 5.73. The van der Waals surface area contributed by atoms with Gasteiger partial charge in [-0.15, -0.1) is 11.3 Å². The summed E-state index contributed by atoms with van der Waals surface area (Å²) in [5.41, 5.74) is -0.280. The van der Waals surface area contributed by atoms with E-state index in [0.717, 1.165) is 29.9 Å². The van der Waals surface area contributed by atoms with Gasteiger partial charge in [-0.25, -0.2) is 9.59 Å². The zero-order valence-corrected chi connectivity index (χ0v) is 17.5. The number of aryl methyl sites for hydroxylation is 1. The Balaban J connectivity index is 1.59. The Hall–Kier alpha value is -2.82. The fourth-order valence-electron chi connectivity index (χ4n) is 4.26. The molecule has 0 radical (unpaired) electrons. The van der Waals surface area contributed by atoms with Gasteiger partial charge in [-0.05, 0) is 49.9 Å². The number of fused-ring (bicyclic) bond motifs is 1. The number of carbonyl (C=O) groups excluding carboxylic acids is 1. The van der Waals surface area contributed by atoms with Crippen molar-refractivity contribution in [3.63, 3.8) is 0 Å². The molecular formula is C20H21F3N4O3S. The number of aromatic nitrogens is 1. The van der Waals surface area contributed by atoms with Gasteiger partial charge in [0.1, 0.15) is 0 Å². The molecule has 2 unspecified atom stereocenters. The molecule has 0 bridgehead atoms. The van der Waals surface area contributed by atoms with Crippen LogP contribution in [-0.4, -0.2) is 57.3 Å². The fourth-order valence-corrected chi connectivity index (χ4v) is 5.08. The number of carbonyl (C=O) groups is 2. The summed E-state index contributed by atoms with van der Waals surface area (Å²) in [6, 6.07) is 3.97. The molecule has 2 aromatic rings. The molecule has 1 N–H and O–H groups in total. The highest BCUT2D eigenvalue weighted by molar-refractivity contribution is 7.09. The third kappa shape index (κ3) is 4.32. The van der Waals surface area contributed by atoms with Crippen LogP contribution in [0.5, 0.6) is 0 Å². The molecule has 0 aliphatic carbocycles. The number of amides is 3. The summed E-state index contributed by atoms with van der Waals surface area (Å²) in [5, 5.41) is 9.41. The second-order valence-electron chi connectivity index (χ2n) is 7.78. The summed E-state index contributed by atoms with van der Waals surface area (Å²) in [6.45, 7) is 3.03. The van der Waals surface area contributed by atoms with Crippen molar-refractivity contribution in [2.45, 2.75) is 32.0 Å². The van der Waals surface area contributed by atoms with Gasteiger partial charge in [0.25, 0.3) is 0 Å². The van der Waals surface area contributed by atoms with Crippen molar-refractivity contribution in [2.75, 3.05) is 19.6 Å². The number of thiazole rings is 1. The minimum absolute atomic E-state index is 0.0936. The van der Waals surface area contributed by atoms with E-state index in [-0.39, 0.29) is 12.0 Å². The van der Waals surface area contributed by atoms with Crippen LogP contribution in [0.3, 0.4) is 0 Å². The predicted molar refractivity (Wildman–Crippen MR) is 107 cm³/mol. The highest BCUT2D eigenvalue weighted by Gasteiger charge is 2.42. The van der Waals surface area contributed by atoms with E-state index in [2.05, 4.69) is 4.99 Å². The van der Waals surface area contributed by atoms with E-state index >= 15 is 0 Å². The monoisotopic (exact) mass is 454 g/mol. The van der Waals surface area contributed by atoms with Gasteiger partial charge in [-0.2, -0.15) is 18.2 Å². The van der Waals surface area contributed by atoms with E-state index in [4.69, 9.17) is 0 Å². The number of piperidine rings is 1. The maximum Gasteiger partial charge on any atom is 0.416 e. The number of hydrogen-bond donors (Lipinski definition) is 1. The van der Waals surface area contributed by atoms with Crippen LogP contribution >= 0.6 is 11.3 Å². The SMILES string of the molecule is Cc1cn(-c2ccc(C(F)(F)F)cc2)c(=NC(=O)N2CC3CCCN(C(=O)O)C3C2)s1. The molecule has 0 spiro atoms. The minimum Gasteiger partial charge on any atom is -0.465 e. The highest BCUT2D eigenvalue weighted by atomic mass is 32.1. The maximum absolute atomic E-state index is 12.9. The molecule has 2 fully saturated rings. The number of alkyl halides is 3. The summed E-state index contributed by atoms with van der Waals surface area (Å²) < 4.78 is 40.1. The first-order valence-electron chi connectivity index (χ1n) is 9.83. The fraction of sp³-hybridized carbons (Fsp3) is 0.450. The molecule has 166 valence electrons. The van der Waals surface area contributed by atoms with Gasteiger partial charge in [-0.1, -0.05) is 0 Å².